The highest BCUT2D eigenvalue weighted by atomic mass is 32.2. The maximum atomic E-state index is 12.6. The molecule has 0 unspecified atom stereocenters. The molecule has 1 aliphatic heterocycles. The van der Waals surface area contributed by atoms with E-state index in [9.17, 15) is 13.2 Å². The first kappa shape index (κ1) is 16.2. The lowest BCUT2D eigenvalue weighted by atomic mass is 10.1. The zero-order valence-corrected chi connectivity index (χ0v) is 14.6. The lowest BCUT2D eigenvalue weighted by Crippen LogP contribution is -2.29. The van der Waals surface area contributed by atoms with Crippen LogP contribution in [0, 0.1) is 0 Å². The van der Waals surface area contributed by atoms with Crippen LogP contribution in [0.2, 0.25) is 0 Å². The molecule has 0 spiro atoms. The summed E-state index contributed by atoms with van der Waals surface area (Å²) in [6, 6.07) is 8.71. The van der Waals surface area contributed by atoms with E-state index in [1.54, 1.807) is 29.2 Å². The Kier molecular flexibility index (Phi) is 4.03. The van der Waals surface area contributed by atoms with Gasteiger partial charge in [-0.2, -0.15) is 0 Å². The first-order chi connectivity index (χ1) is 12.0. The molecule has 1 saturated carbocycles. The van der Waals surface area contributed by atoms with Gasteiger partial charge in [0.1, 0.15) is 0 Å². The van der Waals surface area contributed by atoms with E-state index in [-0.39, 0.29) is 16.9 Å². The number of fused-ring (bicyclic) bond motifs is 1. The van der Waals surface area contributed by atoms with Crippen LogP contribution in [-0.4, -0.2) is 26.1 Å². The van der Waals surface area contributed by atoms with Gasteiger partial charge in [0.15, 0.2) is 5.76 Å². The molecule has 2 aliphatic rings. The van der Waals surface area contributed by atoms with Crippen molar-refractivity contribution < 1.29 is 17.6 Å². The van der Waals surface area contributed by atoms with Crippen LogP contribution >= 0.6 is 0 Å². The second kappa shape index (κ2) is 6.22. The van der Waals surface area contributed by atoms with Gasteiger partial charge < -0.3 is 9.32 Å². The summed E-state index contributed by atoms with van der Waals surface area (Å²) in [6.07, 6.45) is 5.56. The van der Waals surface area contributed by atoms with Gasteiger partial charge in [0.25, 0.3) is 5.91 Å². The minimum atomic E-state index is -3.38. The topological polar surface area (TPSA) is 79.6 Å². The number of carbonyl (C=O) groups excluding carboxylic acids is 1. The maximum Gasteiger partial charge on any atom is 0.293 e. The minimum Gasteiger partial charge on any atom is -0.459 e. The van der Waals surface area contributed by atoms with Crippen molar-refractivity contribution in [2.45, 2.75) is 37.4 Å². The van der Waals surface area contributed by atoms with E-state index >= 15 is 0 Å². The third kappa shape index (κ3) is 3.04. The number of carbonyl (C=O) groups is 1. The molecule has 1 fully saturated rings. The van der Waals surface area contributed by atoms with Gasteiger partial charge in [-0.3, -0.25) is 9.52 Å². The molecule has 132 valence electrons. The third-order valence-corrected chi connectivity index (χ3v) is 6.83. The Balaban J connectivity index is 1.59. The van der Waals surface area contributed by atoms with Gasteiger partial charge in [0.2, 0.25) is 10.0 Å². The molecule has 0 radical (unpaired) electrons. The number of hydrogen-bond acceptors (Lipinski definition) is 4. The molecule has 1 aliphatic carbocycles. The van der Waals surface area contributed by atoms with E-state index in [0.29, 0.717) is 25.1 Å². The van der Waals surface area contributed by atoms with Crippen LogP contribution in [0.1, 0.15) is 41.8 Å². The van der Waals surface area contributed by atoms with E-state index in [2.05, 4.69) is 4.72 Å². The Morgan fingerprint density at radius 2 is 2.00 bits per heavy atom. The van der Waals surface area contributed by atoms with Crippen molar-refractivity contribution in [3.05, 3.63) is 47.9 Å². The van der Waals surface area contributed by atoms with Gasteiger partial charge in [0, 0.05) is 12.2 Å². The van der Waals surface area contributed by atoms with Crippen LogP contribution in [0.5, 0.6) is 0 Å². The summed E-state index contributed by atoms with van der Waals surface area (Å²) in [6.45, 7) is 0.563. The van der Waals surface area contributed by atoms with Crippen LogP contribution in [0.15, 0.2) is 41.0 Å². The monoisotopic (exact) mass is 360 g/mol. The summed E-state index contributed by atoms with van der Waals surface area (Å²) in [4.78, 5) is 14.2. The van der Waals surface area contributed by atoms with Crippen molar-refractivity contribution in [2.24, 2.45) is 0 Å². The number of rotatable bonds is 4. The van der Waals surface area contributed by atoms with Crippen LogP contribution in [0.3, 0.4) is 0 Å². The predicted molar refractivity (Wildman–Crippen MR) is 95.3 cm³/mol. The van der Waals surface area contributed by atoms with Gasteiger partial charge in [0.05, 0.1) is 17.2 Å². The molecule has 1 aromatic heterocycles. The fourth-order valence-corrected chi connectivity index (χ4v) is 5.21. The molecule has 6 nitrogen and oxygen atoms in total. The highest BCUT2D eigenvalue weighted by molar-refractivity contribution is 7.93. The molecular weight excluding hydrogens is 340 g/mol. The largest absolute Gasteiger partial charge is 0.459 e. The van der Waals surface area contributed by atoms with Crippen LogP contribution < -0.4 is 9.62 Å². The van der Waals surface area contributed by atoms with Crippen molar-refractivity contribution in [1.82, 2.24) is 0 Å². The zero-order chi connectivity index (χ0) is 17.4. The first-order valence-corrected chi connectivity index (χ1v) is 10.1. The Bertz CT molecular complexity index is 884. The minimum absolute atomic E-state index is 0.209. The zero-order valence-electron chi connectivity index (χ0n) is 13.8. The quantitative estimate of drug-likeness (QED) is 0.908. The number of benzene rings is 1. The van der Waals surface area contributed by atoms with E-state index in [1.807, 2.05) is 6.07 Å². The van der Waals surface area contributed by atoms with Crippen LogP contribution in [-0.2, 0) is 16.4 Å². The number of hydrogen-bond donors (Lipinski definition) is 1. The molecule has 1 aromatic carbocycles. The van der Waals surface area contributed by atoms with E-state index < -0.39 is 10.0 Å². The van der Waals surface area contributed by atoms with Gasteiger partial charge in [-0.05, 0) is 49.1 Å². The van der Waals surface area contributed by atoms with Crippen LogP contribution in [0.25, 0.3) is 0 Å². The Morgan fingerprint density at radius 1 is 1.20 bits per heavy atom. The molecule has 1 N–H and O–H groups in total. The average Bonchev–Trinajstić information content (AvgIpc) is 3.33. The molecule has 2 heterocycles. The molecule has 7 heteroatoms. The van der Waals surface area contributed by atoms with Crippen molar-refractivity contribution in [1.29, 1.82) is 0 Å². The SMILES string of the molecule is O=C(c1ccco1)N1CCc2ccc(NS(=O)(=O)C3CCCC3)cc21. The molecule has 0 bridgehead atoms. The standard InChI is InChI=1S/C18H20N2O4S/c21-18(17-6-3-11-24-17)20-10-9-13-7-8-14(12-16(13)20)19-25(22,23)15-4-1-2-5-15/h3,6-8,11-12,15,19H,1-2,4-5,9-10H2. The second-order valence-corrected chi connectivity index (χ2v) is 8.54. The Hall–Kier alpha value is -2.28. The average molecular weight is 360 g/mol. The van der Waals surface area contributed by atoms with Crippen molar-refractivity contribution in [3.63, 3.8) is 0 Å². The van der Waals surface area contributed by atoms with E-state index in [0.717, 1.165) is 30.5 Å². The second-order valence-electron chi connectivity index (χ2n) is 6.58. The molecule has 2 aromatic rings. The van der Waals surface area contributed by atoms with Crippen molar-refractivity contribution >= 4 is 27.3 Å². The fourth-order valence-electron chi connectivity index (χ4n) is 3.63. The highest BCUT2D eigenvalue weighted by Crippen LogP contribution is 2.33. The number of nitrogens with zero attached hydrogens (tertiary/aromatic N) is 1. The third-order valence-electron chi connectivity index (χ3n) is 4.96. The number of furan rings is 1. The lowest BCUT2D eigenvalue weighted by Gasteiger charge is -2.18. The molecule has 1 amide bonds. The van der Waals surface area contributed by atoms with E-state index in [4.69, 9.17) is 4.42 Å². The molecule has 0 saturated heterocycles. The molecule has 0 atom stereocenters. The Morgan fingerprint density at radius 3 is 2.72 bits per heavy atom. The summed E-state index contributed by atoms with van der Waals surface area (Å²) < 4.78 is 32.9. The summed E-state index contributed by atoms with van der Waals surface area (Å²) in [5.41, 5.74) is 2.28. The first-order valence-electron chi connectivity index (χ1n) is 8.54. The predicted octanol–water partition coefficient (Wildman–Crippen LogP) is 3.17. The van der Waals surface area contributed by atoms with Gasteiger partial charge in [-0.1, -0.05) is 18.9 Å². The lowest BCUT2D eigenvalue weighted by molar-refractivity contribution is 0.0963. The van der Waals surface area contributed by atoms with Crippen LogP contribution in [0.4, 0.5) is 11.4 Å². The number of amides is 1. The summed E-state index contributed by atoms with van der Waals surface area (Å²) in [5, 5.41) is -0.318. The Labute approximate surface area is 146 Å². The highest BCUT2D eigenvalue weighted by Gasteiger charge is 2.30. The number of sulfonamides is 1. The molecule has 4 rings (SSSR count). The molecular formula is C18H20N2O4S. The van der Waals surface area contributed by atoms with E-state index in [1.165, 1.54) is 6.26 Å². The maximum absolute atomic E-state index is 12.6. The van der Waals surface area contributed by atoms with Gasteiger partial charge in [-0.15, -0.1) is 0 Å². The van der Waals surface area contributed by atoms with Crippen molar-refractivity contribution in [2.75, 3.05) is 16.2 Å². The number of nitrogens with one attached hydrogen (secondary N) is 1. The van der Waals surface area contributed by atoms with Crippen molar-refractivity contribution in [3.8, 4) is 0 Å². The summed E-state index contributed by atoms with van der Waals surface area (Å²) >= 11 is 0. The summed E-state index contributed by atoms with van der Waals surface area (Å²) in [7, 11) is -3.38. The normalized spacial score (nSPS) is 17.7. The summed E-state index contributed by atoms with van der Waals surface area (Å²) in [5.74, 6) is 0.0735. The number of anilines is 2. The molecule has 25 heavy (non-hydrogen) atoms. The van der Waals surface area contributed by atoms with Gasteiger partial charge in [-0.25, -0.2) is 8.42 Å². The van der Waals surface area contributed by atoms with Gasteiger partial charge >= 0.3 is 0 Å². The fraction of sp³-hybridized carbons (Fsp3) is 0.389. The smallest absolute Gasteiger partial charge is 0.293 e.